The molecule has 3 fully saturated rings. The average Bonchev–Trinajstić information content (AvgIpc) is 3.91. The Morgan fingerprint density at radius 2 is 1.65 bits per heavy atom. The minimum atomic E-state index is -0.525. The number of benzene rings is 3. The number of nitrogens with zero attached hydrogens (tertiary/aromatic N) is 8. The van der Waals surface area contributed by atoms with E-state index in [9.17, 15) is 14.4 Å². The monoisotopic (exact) mass is 855 g/mol. The molecular weight excluding hydrogens is 802 g/mol. The van der Waals surface area contributed by atoms with Gasteiger partial charge in [-0.3, -0.25) is 24.7 Å². The Labute approximate surface area is 365 Å². The number of piperazine rings is 1. The molecule has 6 aromatic rings. The maximum Gasteiger partial charge on any atom is 0.328 e. The van der Waals surface area contributed by atoms with Crippen LogP contribution in [0.3, 0.4) is 0 Å². The van der Waals surface area contributed by atoms with E-state index in [0.29, 0.717) is 47.2 Å². The molecule has 3 N–H and O–H groups in total. The standard InChI is InChI=1S/C47H54FN11O4/c1-27-21-34(36(48)23-33(27)29(3)51-44(61)43-54-45(63-55-43)47(4,5)6)41-40-35-22-28(2)38(24-37(35)52-42(40)50-26-49-41)58-19-17-56(18-20-58)25-30-11-14-57(15-12-30)31-7-9-32(10-8-31)59-16-13-39(60)53-46(59)62/h7-10,21-24,26,29-30H,11-20,25H2,1-6H3,(H,51,61)(H,49,50,52)(H,53,60,62). The lowest BCUT2D eigenvalue weighted by atomic mass is 9.95. The number of halogens is 1. The minimum Gasteiger partial charge on any atom is -0.372 e. The first-order valence-electron chi connectivity index (χ1n) is 21.9. The van der Waals surface area contributed by atoms with Gasteiger partial charge in [0.15, 0.2) is 0 Å². The molecule has 3 aliphatic rings. The number of carbonyl (C=O) groups is 3. The van der Waals surface area contributed by atoms with Crippen molar-refractivity contribution in [2.75, 3.05) is 67.1 Å². The predicted octanol–water partition coefficient (Wildman–Crippen LogP) is 7.19. The van der Waals surface area contributed by atoms with Crippen LogP contribution < -0.4 is 25.3 Å². The van der Waals surface area contributed by atoms with Crippen LogP contribution in [-0.2, 0) is 10.2 Å². The highest BCUT2D eigenvalue weighted by atomic mass is 19.1. The smallest absolute Gasteiger partial charge is 0.328 e. The van der Waals surface area contributed by atoms with Crippen LogP contribution in [0.2, 0.25) is 0 Å². The van der Waals surface area contributed by atoms with Crippen molar-refractivity contribution in [3.63, 3.8) is 0 Å². The summed E-state index contributed by atoms with van der Waals surface area (Å²) in [5.41, 5.74) is 7.73. The molecule has 4 amide bonds. The molecule has 0 aliphatic carbocycles. The second-order valence-corrected chi connectivity index (χ2v) is 18.3. The number of amides is 4. The highest BCUT2D eigenvalue weighted by Crippen LogP contribution is 2.38. The highest BCUT2D eigenvalue weighted by molar-refractivity contribution is 6.13. The quantitative estimate of drug-likeness (QED) is 0.135. The lowest BCUT2D eigenvalue weighted by Crippen LogP contribution is -2.49. The Balaban J connectivity index is 0.829. The number of piperidine rings is 1. The molecule has 3 aromatic carbocycles. The van der Waals surface area contributed by atoms with Crippen molar-refractivity contribution in [2.24, 2.45) is 5.92 Å². The van der Waals surface area contributed by atoms with Gasteiger partial charge >= 0.3 is 6.03 Å². The number of anilines is 3. The van der Waals surface area contributed by atoms with Gasteiger partial charge in [0.2, 0.25) is 11.8 Å². The van der Waals surface area contributed by atoms with Gasteiger partial charge in [-0.15, -0.1) is 0 Å². The normalized spacial score (nSPS) is 17.5. The van der Waals surface area contributed by atoms with E-state index in [2.05, 4.69) is 81.6 Å². The maximum absolute atomic E-state index is 16.2. The van der Waals surface area contributed by atoms with Crippen LogP contribution in [0, 0.1) is 25.6 Å². The van der Waals surface area contributed by atoms with Crippen LogP contribution in [0.5, 0.6) is 0 Å². The topological polar surface area (TPSA) is 169 Å². The summed E-state index contributed by atoms with van der Waals surface area (Å²) in [5, 5.41) is 10.8. The number of nitrogens with one attached hydrogen (secondary N) is 3. The Morgan fingerprint density at radius 3 is 2.35 bits per heavy atom. The van der Waals surface area contributed by atoms with Crippen LogP contribution in [0.1, 0.15) is 86.2 Å². The molecule has 0 spiro atoms. The SMILES string of the molecule is Cc1cc(-c2ncnc3[nH]c4cc(N5CCN(CC6CCN(c7ccc(N8CCC(=O)NC8=O)cc7)CC6)CC5)c(C)cc4c23)c(F)cc1C(C)NC(=O)c1noc(C(C)(C)C)n1. The first-order valence-corrected chi connectivity index (χ1v) is 21.9. The number of carbonyl (C=O) groups excluding carboxylic acids is 3. The highest BCUT2D eigenvalue weighted by Gasteiger charge is 2.29. The third kappa shape index (κ3) is 8.43. The fraction of sp³-hybridized carbons (Fsp3) is 0.426. The number of hydrogen-bond donors (Lipinski definition) is 3. The molecule has 0 radical (unpaired) electrons. The van der Waals surface area contributed by atoms with Crippen LogP contribution in [0.4, 0.5) is 26.2 Å². The molecule has 16 heteroatoms. The molecule has 3 saturated heterocycles. The lowest BCUT2D eigenvalue weighted by Gasteiger charge is -2.40. The van der Waals surface area contributed by atoms with Crippen molar-refractivity contribution < 1.29 is 23.3 Å². The van der Waals surface area contributed by atoms with Crippen molar-refractivity contribution >= 4 is 56.8 Å². The molecule has 1 atom stereocenters. The van der Waals surface area contributed by atoms with Gasteiger partial charge in [0.05, 0.1) is 17.1 Å². The zero-order valence-electron chi connectivity index (χ0n) is 36.7. The largest absolute Gasteiger partial charge is 0.372 e. The van der Waals surface area contributed by atoms with Crippen molar-refractivity contribution in [1.82, 2.24) is 40.6 Å². The first kappa shape index (κ1) is 41.9. The third-order valence-corrected chi connectivity index (χ3v) is 12.8. The van der Waals surface area contributed by atoms with E-state index in [-0.39, 0.29) is 17.8 Å². The second-order valence-electron chi connectivity index (χ2n) is 18.3. The first-order chi connectivity index (χ1) is 30.2. The number of aromatic nitrogens is 5. The van der Waals surface area contributed by atoms with E-state index in [0.717, 1.165) is 97.4 Å². The zero-order valence-corrected chi connectivity index (χ0v) is 36.7. The Kier molecular flexibility index (Phi) is 11.1. The van der Waals surface area contributed by atoms with E-state index < -0.39 is 23.2 Å². The average molecular weight is 856 g/mol. The minimum absolute atomic E-state index is 0.0664. The fourth-order valence-corrected chi connectivity index (χ4v) is 9.28. The van der Waals surface area contributed by atoms with Gasteiger partial charge in [-0.2, -0.15) is 4.98 Å². The molecule has 328 valence electrons. The fourth-order valence-electron chi connectivity index (χ4n) is 9.28. The summed E-state index contributed by atoms with van der Waals surface area (Å²) in [5.74, 6) is -0.243. The van der Waals surface area contributed by atoms with Gasteiger partial charge < -0.3 is 24.6 Å². The van der Waals surface area contributed by atoms with Crippen molar-refractivity contribution in [1.29, 1.82) is 0 Å². The summed E-state index contributed by atoms with van der Waals surface area (Å²) in [7, 11) is 0. The molecule has 15 nitrogen and oxygen atoms in total. The number of aromatic amines is 1. The molecule has 0 saturated carbocycles. The number of urea groups is 1. The predicted molar refractivity (Wildman–Crippen MR) is 241 cm³/mol. The summed E-state index contributed by atoms with van der Waals surface area (Å²) in [6.07, 6.45) is 4.04. The van der Waals surface area contributed by atoms with Crippen LogP contribution in [-0.4, -0.2) is 100 Å². The molecule has 9 rings (SSSR count). The molecular formula is C47H54FN11O4. The Bertz CT molecular complexity index is 2710. The van der Waals surface area contributed by atoms with Crippen LogP contribution in [0.25, 0.3) is 33.2 Å². The Morgan fingerprint density at radius 1 is 0.921 bits per heavy atom. The van der Waals surface area contributed by atoms with Gasteiger partial charge in [-0.1, -0.05) is 25.9 Å². The van der Waals surface area contributed by atoms with Gasteiger partial charge in [0.25, 0.3) is 11.7 Å². The summed E-state index contributed by atoms with van der Waals surface area (Å²) in [6.45, 7) is 18.9. The number of rotatable bonds is 9. The molecule has 63 heavy (non-hydrogen) atoms. The molecule has 3 aliphatic heterocycles. The van der Waals surface area contributed by atoms with Gasteiger partial charge in [0, 0.05) is 97.7 Å². The third-order valence-electron chi connectivity index (χ3n) is 12.8. The number of aryl methyl sites for hydroxylation is 2. The number of H-pyrrole nitrogens is 1. The molecule has 1 unspecified atom stereocenters. The molecule has 3 aromatic heterocycles. The number of fused-ring (bicyclic) bond motifs is 3. The van der Waals surface area contributed by atoms with Crippen LogP contribution >= 0.6 is 0 Å². The maximum atomic E-state index is 16.2. The molecule has 0 bridgehead atoms. The van der Waals surface area contributed by atoms with E-state index in [1.54, 1.807) is 17.9 Å². The second kappa shape index (κ2) is 16.7. The number of hydrogen-bond acceptors (Lipinski definition) is 11. The van der Waals surface area contributed by atoms with Crippen LogP contribution in [0.15, 0.2) is 59.4 Å². The molecule has 6 heterocycles. The van der Waals surface area contributed by atoms with E-state index in [1.165, 1.54) is 18.1 Å². The number of imide groups is 1. The van der Waals surface area contributed by atoms with Crippen molar-refractivity contribution in [3.8, 4) is 11.3 Å². The van der Waals surface area contributed by atoms with E-state index in [4.69, 9.17) is 4.52 Å². The van der Waals surface area contributed by atoms with E-state index >= 15 is 4.39 Å². The Hall–Kier alpha value is -6.42. The lowest BCUT2D eigenvalue weighted by molar-refractivity contribution is -0.120. The van der Waals surface area contributed by atoms with Crippen molar-refractivity contribution in [2.45, 2.75) is 72.3 Å². The zero-order chi connectivity index (χ0) is 44.2. The summed E-state index contributed by atoms with van der Waals surface area (Å²) in [6, 6.07) is 14.8. The van der Waals surface area contributed by atoms with Gasteiger partial charge in [-0.25, -0.2) is 19.2 Å². The van der Waals surface area contributed by atoms with Gasteiger partial charge in [-0.05, 0) is 105 Å². The van der Waals surface area contributed by atoms with Crippen molar-refractivity contribution in [3.05, 3.63) is 89.1 Å². The van der Waals surface area contributed by atoms with E-state index in [1.807, 2.05) is 39.8 Å². The summed E-state index contributed by atoms with van der Waals surface area (Å²) >= 11 is 0. The summed E-state index contributed by atoms with van der Waals surface area (Å²) < 4.78 is 21.5. The summed E-state index contributed by atoms with van der Waals surface area (Å²) in [4.78, 5) is 62.9. The van der Waals surface area contributed by atoms with Gasteiger partial charge in [0.1, 0.15) is 17.8 Å².